The summed E-state index contributed by atoms with van der Waals surface area (Å²) in [5.74, 6) is 1.04. The normalized spacial score (nSPS) is 10.9. The Morgan fingerprint density at radius 2 is 1.27 bits per heavy atom. The van der Waals surface area contributed by atoms with E-state index >= 15 is 0 Å². The van der Waals surface area contributed by atoms with Gasteiger partial charge >= 0.3 is 140 Å². The van der Waals surface area contributed by atoms with Gasteiger partial charge in [0.25, 0.3) is 0 Å². The summed E-state index contributed by atoms with van der Waals surface area (Å²) in [7, 11) is 0. The molecule has 0 spiro atoms. The van der Waals surface area contributed by atoms with Crippen LogP contribution in [0.2, 0.25) is 0 Å². The fraction of sp³-hybridized carbons (Fsp3) is 0. The van der Waals surface area contributed by atoms with Crippen LogP contribution in [0.25, 0.3) is 22.3 Å². The van der Waals surface area contributed by atoms with Gasteiger partial charge in [-0.25, -0.2) is 0 Å². The van der Waals surface area contributed by atoms with Crippen molar-refractivity contribution in [2.45, 2.75) is 0 Å². The Hall–Kier alpha value is -2.01. The van der Waals surface area contributed by atoms with Gasteiger partial charge in [0.1, 0.15) is 0 Å². The zero-order valence-electron chi connectivity index (χ0n) is 11.9. The van der Waals surface area contributed by atoms with Gasteiger partial charge in [0.15, 0.2) is 0 Å². The van der Waals surface area contributed by atoms with Crippen LogP contribution in [-0.4, -0.2) is 20.9 Å². The third kappa shape index (κ3) is 2.57. The monoisotopic (exact) mass is 400 g/mol. The first-order valence-electron chi connectivity index (χ1n) is 7.22. The van der Waals surface area contributed by atoms with Crippen molar-refractivity contribution in [3.05, 3.63) is 84.9 Å². The van der Waals surface area contributed by atoms with Crippen LogP contribution >= 0.6 is 0 Å². The fourth-order valence-corrected chi connectivity index (χ4v) is 5.53. The fourth-order valence-electron chi connectivity index (χ4n) is 2.51. The van der Waals surface area contributed by atoms with Crippen molar-refractivity contribution in [1.29, 1.82) is 0 Å². The molecule has 1 nitrogen and oxygen atoms in total. The first-order valence-corrected chi connectivity index (χ1v) is 9.55. The van der Waals surface area contributed by atoms with Crippen molar-refractivity contribution in [3.8, 4) is 11.3 Å². The topological polar surface area (TPSA) is 13.1 Å². The molecule has 3 aromatic carbocycles. The standard InChI is InChI=1S/C20H14OTe/c1-3-9-15(10-4-1)19-20(22-16-11-5-2-6-12-16)17-13-7-8-14-18(17)21-19/h1-14H. The molecule has 106 valence electrons. The van der Waals surface area contributed by atoms with E-state index in [9.17, 15) is 0 Å². The average molecular weight is 398 g/mol. The average Bonchev–Trinajstić information content (AvgIpc) is 2.95. The van der Waals surface area contributed by atoms with Gasteiger partial charge in [0, 0.05) is 0 Å². The molecule has 0 aliphatic rings. The van der Waals surface area contributed by atoms with Crippen molar-refractivity contribution in [2.24, 2.45) is 0 Å². The number of rotatable bonds is 3. The molecule has 0 amide bonds. The molecule has 1 heterocycles. The predicted octanol–water partition coefficient (Wildman–Crippen LogP) is 3.75. The molecule has 0 unspecified atom stereocenters. The maximum absolute atomic E-state index is 6.19. The molecule has 0 atom stereocenters. The number of hydrogen-bond donors (Lipinski definition) is 0. The van der Waals surface area contributed by atoms with Gasteiger partial charge in [-0.15, -0.1) is 0 Å². The molecule has 4 aromatic rings. The zero-order chi connectivity index (χ0) is 14.8. The summed E-state index contributed by atoms with van der Waals surface area (Å²) in [5.41, 5.74) is 2.15. The van der Waals surface area contributed by atoms with Crippen molar-refractivity contribution >= 4 is 39.1 Å². The molecular weight excluding hydrogens is 384 g/mol. The van der Waals surface area contributed by atoms with Crippen LogP contribution in [0.5, 0.6) is 0 Å². The number of furan rings is 1. The quantitative estimate of drug-likeness (QED) is 0.480. The first kappa shape index (κ1) is 13.6. The Morgan fingerprint density at radius 1 is 0.636 bits per heavy atom. The zero-order valence-corrected chi connectivity index (χ0v) is 14.2. The number of hydrogen-bond acceptors (Lipinski definition) is 1. The van der Waals surface area contributed by atoms with E-state index in [1.165, 1.54) is 12.6 Å². The molecule has 0 N–H and O–H groups in total. The third-order valence-corrected chi connectivity index (χ3v) is 6.74. The molecule has 0 aliphatic heterocycles. The molecular formula is C20H14OTe. The third-order valence-electron chi connectivity index (χ3n) is 3.55. The van der Waals surface area contributed by atoms with E-state index in [0.717, 1.165) is 16.9 Å². The Bertz CT molecular complexity index is 895. The van der Waals surface area contributed by atoms with E-state index in [0.29, 0.717) is 0 Å². The Kier molecular flexibility index (Phi) is 3.72. The summed E-state index contributed by atoms with van der Waals surface area (Å²) in [4.78, 5) is 0. The van der Waals surface area contributed by atoms with Crippen LogP contribution in [0.3, 0.4) is 0 Å². The second-order valence-corrected chi connectivity index (χ2v) is 8.13. The molecule has 22 heavy (non-hydrogen) atoms. The van der Waals surface area contributed by atoms with Crippen molar-refractivity contribution in [2.75, 3.05) is 0 Å². The molecule has 0 saturated heterocycles. The van der Waals surface area contributed by atoms with E-state index in [1.807, 2.05) is 12.1 Å². The van der Waals surface area contributed by atoms with Crippen LogP contribution < -0.4 is 7.22 Å². The van der Waals surface area contributed by atoms with Crippen molar-refractivity contribution < 1.29 is 4.42 Å². The van der Waals surface area contributed by atoms with Gasteiger partial charge < -0.3 is 0 Å². The van der Waals surface area contributed by atoms with E-state index in [2.05, 4.69) is 72.8 Å². The SMILES string of the molecule is c1ccc([Te]c2c(-c3ccccc3)oc3ccccc23)cc1. The minimum absolute atomic E-state index is 0.487. The van der Waals surface area contributed by atoms with E-state index < -0.39 is 20.9 Å². The van der Waals surface area contributed by atoms with E-state index in [-0.39, 0.29) is 0 Å². The van der Waals surface area contributed by atoms with Gasteiger partial charge in [0.05, 0.1) is 0 Å². The van der Waals surface area contributed by atoms with E-state index in [4.69, 9.17) is 4.42 Å². The molecule has 0 bridgehead atoms. The summed E-state index contributed by atoms with van der Waals surface area (Å²) in [6, 6.07) is 29.5. The first-order chi connectivity index (χ1) is 10.9. The van der Waals surface area contributed by atoms with Gasteiger partial charge in [-0.1, -0.05) is 0 Å². The number of benzene rings is 3. The summed E-state index contributed by atoms with van der Waals surface area (Å²) in [6.07, 6.45) is 0. The van der Waals surface area contributed by atoms with Gasteiger partial charge in [-0.3, -0.25) is 0 Å². The molecule has 0 saturated carbocycles. The molecule has 0 fully saturated rings. The van der Waals surface area contributed by atoms with Crippen molar-refractivity contribution in [3.63, 3.8) is 0 Å². The van der Waals surface area contributed by atoms with Crippen LogP contribution in [0.4, 0.5) is 0 Å². The van der Waals surface area contributed by atoms with Crippen LogP contribution in [0.1, 0.15) is 0 Å². The Labute approximate surface area is 139 Å². The maximum atomic E-state index is 6.19. The number of fused-ring (bicyclic) bond motifs is 1. The van der Waals surface area contributed by atoms with E-state index in [1.54, 1.807) is 0 Å². The summed E-state index contributed by atoms with van der Waals surface area (Å²) in [5, 5.41) is 1.26. The van der Waals surface area contributed by atoms with Crippen molar-refractivity contribution in [1.82, 2.24) is 0 Å². The minimum atomic E-state index is -0.487. The van der Waals surface area contributed by atoms with Crippen LogP contribution in [0, 0.1) is 0 Å². The van der Waals surface area contributed by atoms with Gasteiger partial charge in [-0.05, 0) is 0 Å². The molecule has 0 aliphatic carbocycles. The van der Waals surface area contributed by atoms with Gasteiger partial charge in [-0.2, -0.15) is 0 Å². The molecule has 4 rings (SSSR count). The number of para-hydroxylation sites is 1. The summed E-state index contributed by atoms with van der Waals surface area (Å²) in [6.45, 7) is 0. The predicted molar refractivity (Wildman–Crippen MR) is 93.1 cm³/mol. The van der Waals surface area contributed by atoms with Crippen LogP contribution in [-0.2, 0) is 0 Å². The van der Waals surface area contributed by atoms with Crippen LogP contribution in [0.15, 0.2) is 89.3 Å². The Morgan fingerprint density at radius 3 is 2.05 bits per heavy atom. The van der Waals surface area contributed by atoms with Gasteiger partial charge in [0.2, 0.25) is 0 Å². The summed E-state index contributed by atoms with van der Waals surface area (Å²) >= 11 is -0.487. The summed E-state index contributed by atoms with van der Waals surface area (Å²) < 4.78 is 9.00. The molecule has 1 aromatic heterocycles. The second kappa shape index (κ2) is 6.01. The Balaban J connectivity index is 1.91. The molecule has 2 heteroatoms. The molecule has 0 radical (unpaired) electrons. The second-order valence-electron chi connectivity index (χ2n) is 5.04.